The SMILES string of the molecule is CCCCCCCCN1C(=O)CC(C)(C)c2cc(C(=O)/C=C/c3ccc(C(=O)O)cc3)ccc21. The van der Waals surface area contributed by atoms with Crippen molar-refractivity contribution in [2.24, 2.45) is 0 Å². The molecule has 0 fully saturated rings. The van der Waals surface area contributed by atoms with Crippen LogP contribution in [0, 0.1) is 0 Å². The van der Waals surface area contributed by atoms with Crippen molar-refractivity contribution in [1.29, 1.82) is 0 Å². The zero-order chi connectivity index (χ0) is 24.7. The number of amides is 1. The van der Waals surface area contributed by atoms with Crippen LogP contribution >= 0.6 is 0 Å². The molecule has 1 aliphatic heterocycles. The first-order chi connectivity index (χ1) is 16.2. The van der Waals surface area contributed by atoms with Crippen LogP contribution in [0.1, 0.15) is 97.6 Å². The Hall–Kier alpha value is -3.21. The van der Waals surface area contributed by atoms with Crippen LogP contribution in [0.25, 0.3) is 6.08 Å². The highest BCUT2D eigenvalue weighted by Gasteiger charge is 2.36. The van der Waals surface area contributed by atoms with Crippen molar-refractivity contribution in [1.82, 2.24) is 0 Å². The van der Waals surface area contributed by atoms with Gasteiger partial charge in [0, 0.05) is 29.6 Å². The number of fused-ring (bicyclic) bond motifs is 1. The Balaban J connectivity index is 1.74. The summed E-state index contributed by atoms with van der Waals surface area (Å²) in [6.45, 7) is 7.03. The van der Waals surface area contributed by atoms with Gasteiger partial charge in [-0.2, -0.15) is 0 Å². The Morgan fingerprint density at radius 2 is 1.62 bits per heavy atom. The Morgan fingerprint density at radius 1 is 0.971 bits per heavy atom. The van der Waals surface area contributed by atoms with Gasteiger partial charge >= 0.3 is 5.97 Å². The third kappa shape index (κ3) is 6.22. The summed E-state index contributed by atoms with van der Waals surface area (Å²) in [5.41, 5.74) is 3.16. The first-order valence-corrected chi connectivity index (χ1v) is 12.2. The molecule has 1 aliphatic rings. The molecular weight excluding hydrogens is 426 g/mol. The van der Waals surface area contributed by atoms with Crippen molar-refractivity contribution < 1.29 is 19.5 Å². The number of carboxylic acid groups (broad SMARTS) is 1. The Morgan fingerprint density at radius 3 is 2.29 bits per heavy atom. The summed E-state index contributed by atoms with van der Waals surface area (Å²) in [4.78, 5) is 38.7. The minimum atomic E-state index is -0.979. The van der Waals surface area contributed by atoms with E-state index in [4.69, 9.17) is 5.11 Å². The van der Waals surface area contributed by atoms with Crippen molar-refractivity contribution in [2.45, 2.75) is 71.1 Å². The summed E-state index contributed by atoms with van der Waals surface area (Å²) in [6, 6.07) is 12.0. The fraction of sp³-hybridized carbons (Fsp3) is 0.414. The van der Waals surface area contributed by atoms with Crippen LogP contribution in [0.2, 0.25) is 0 Å². The number of benzene rings is 2. The summed E-state index contributed by atoms with van der Waals surface area (Å²) in [5, 5.41) is 9.01. The van der Waals surface area contributed by atoms with Crippen LogP contribution in [0.15, 0.2) is 48.5 Å². The van der Waals surface area contributed by atoms with Gasteiger partial charge in [-0.3, -0.25) is 9.59 Å². The monoisotopic (exact) mass is 461 g/mol. The molecule has 0 radical (unpaired) electrons. The molecule has 0 saturated carbocycles. The predicted molar refractivity (Wildman–Crippen MR) is 137 cm³/mol. The van der Waals surface area contributed by atoms with Crippen LogP contribution in [0.4, 0.5) is 5.69 Å². The summed E-state index contributed by atoms with van der Waals surface area (Å²) in [7, 11) is 0. The average molecular weight is 462 g/mol. The second-order valence-corrected chi connectivity index (χ2v) is 9.73. The normalized spacial score (nSPS) is 14.9. The van der Waals surface area contributed by atoms with E-state index in [0.29, 0.717) is 18.5 Å². The highest BCUT2D eigenvalue weighted by atomic mass is 16.4. The maximum absolute atomic E-state index is 12.9. The molecule has 0 bridgehead atoms. The van der Waals surface area contributed by atoms with Gasteiger partial charge in [0.15, 0.2) is 5.78 Å². The van der Waals surface area contributed by atoms with Gasteiger partial charge in [0.2, 0.25) is 5.91 Å². The Kier molecular flexibility index (Phi) is 8.43. The molecule has 34 heavy (non-hydrogen) atoms. The molecule has 5 heteroatoms. The minimum absolute atomic E-state index is 0.125. The van der Waals surface area contributed by atoms with E-state index in [-0.39, 0.29) is 22.7 Å². The first kappa shape index (κ1) is 25.4. The molecule has 1 N–H and O–H groups in total. The first-order valence-electron chi connectivity index (χ1n) is 12.2. The van der Waals surface area contributed by atoms with E-state index in [9.17, 15) is 14.4 Å². The van der Waals surface area contributed by atoms with E-state index < -0.39 is 5.97 Å². The van der Waals surface area contributed by atoms with Gasteiger partial charge in [-0.15, -0.1) is 0 Å². The number of carbonyl (C=O) groups excluding carboxylic acids is 2. The molecule has 0 aliphatic carbocycles. The molecule has 2 aromatic carbocycles. The van der Waals surface area contributed by atoms with Crippen LogP contribution < -0.4 is 4.90 Å². The number of allylic oxidation sites excluding steroid dienone is 1. The van der Waals surface area contributed by atoms with Crippen molar-refractivity contribution in [3.8, 4) is 0 Å². The van der Waals surface area contributed by atoms with Gasteiger partial charge in [0.25, 0.3) is 0 Å². The zero-order valence-corrected chi connectivity index (χ0v) is 20.5. The number of ketones is 1. The van der Waals surface area contributed by atoms with Crippen molar-refractivity contribution in [3.63, 3.8) is 0 Å². The third-order valence-electron chi connectivity index (χ3n) is 6.52. The van der Waals surface area contributed by atoms with Gasteiger partial charge in [-0.1, -0.05) is 71.1 Å². The number of unbranched alkanes of at least 4 members (excludes halogenated alkanes) is 5. The number of hydrogen-bond donors (Lipinski definition) is 1. The van der Waals surface area contributed by atoms with Crippen molar-refractivity contribution in [2.75, 3.05) is 11.4 Å². The van der Waals surface area contributed by atoms with Gasteiger partial charge < -0.3 is 10.0 Å². The number of carboxylic acids is 1. The standard InChI is InChI=1S/C29H35NO4/c1-4-5-6-7-8-9-18-30-25-16-15-23(19-24(25)29(2,3)20-27(30)32)26(31)17-12-21-10-13-22(14-11-21)28(33)34/h10-17,19H,4-9,18,20H2,1-3H3,(H,33,34)/b17-12+. The molecule has 0 atom stereocenters. The fourth-order valence-corrected chi connectivity index (χ4v) is 4.47. The molecule has 180 valence electrons. The number of anilines is 1. The molecule has 2 aromatic rings. The zero-order valence-electron chi connectivity index (χ0n) is 20.5. The van der Waals surface area contributed by atoms with Gasteiger partial charge in [-0.05, 0) is 54.0 Å². The van der Waals surface area contributed by atoms with E-state index >= 15 is 0 Å². The molecular formula is C29H35NO4. The summed E-state index contributed by atoms with van der Waals surface area (Å²) in [6.07, 6.45) is 10.7. The van der Waals surface area contributed by atoms with E-state index in [2.05, 4.69) is 20.8 Å². The van der Waals surface area contributed by atoms with Crippen LogP contribution in [0.3, 0.4) is 0 Å². The van der Waals surface area contributed by atoms with Crippen LogP contribution in [-0.2, 0) is 10.2 Å². The molecule has 3 rings (SSSR count). The maximum atomic E-state index is 12.9. The summed E-state index contributed by atoms with van der Waals surface area (Å²) in [5.74, 6) is -0.956. The minimum Gasteiger partial charge on any atom is -0.478 e. The molecule has 0 saturated heterocycles. The molecule has 5 nitrogen and oxygen atoms in total. The molecule has 0 spiro atoms. The molecule has 0 aromatic heterocycles. The highest BCUT2D eigenvalue weighted by Crippen LogP contribution is 2.41. The lowest BCUT2D eigenvalue weighted by Crippen LogP contribution is -2.42. The van der Waals surface area contributed by atoms with E-state index in [1.807, 2.05) is 17.0 Å². The largest absolute Gasteiger partial charge is 0.478 e. The number of carbonyl (C=O) groups is 3. The second kappa shape index (κ2) is 11.3. The lowest BCUT2D eigenvalue weighted by molar-refractivity contribution is -0.120. The second-order valence-electron chi connectivity index (χ2n) is 9.73. The van der Waals surface area contributed by atoms with Crippen LogP contribution in [-0.4, -0.2) is 29.3 Å². The number of rotatable bonds is 11. The van der Waals surface area contributed by atoms with Gasteiger partial charge in [0.1, 0.15) is 0 Å². The van der Waals surface area contributed by atoms with E-state index in [0.717, 1.165) is 29.7 Å². The fourth-order valence-electron chi connectivity index (χ4n) is 4.47. The van der Waals surface area contributed by atoms with E-state index in [1.54, 1.807) is 24.3 Å². The third-order valence-corrected chi connectivity index (χ3v) is 6.52. The van der Waals surface area contributed by atoms with Gasteiger partial charge in [0.05, 0.1) is 5.56 Å². The molecule has 1 amide bonds. The number of aromatic carboxylic acids is 1. The summed E-state index contributed by atoms with van der Waals surface area (Å²) < 4.78 is 0. The lowest BCUT2D eigenvalue weighted by Gasteiger charge is -2.39. The average Bonchev–Trinajstić information content (AvgIpc) is 2.81. The topological polar surface area (TPSA) is 74.7 Å². The smallest absolute Gasteiger partial charge is 0.335 e. The predicted octanol–water partition coefficient (Wildman–Crippen LogP) is 6.66. The highest BCUT2D eigenvalue weighted by molar-refractivity contribution is 6.08. The summed E-state index contributed by atoms with van der Waals surface area (Å²) >= 11 is 0. The Labute approximate surface area is 202 Å². The molecule has 1 heterocycles. The maximum Gasteiger partial charge on any atom is 0.335 e. The number of hydrogen-bond acceptors (Lipinski definition) is 3. The quantitative estimate of drug-likeness (QED) is 0.231. The molecule has 0 unspecified atom stereocenters. The van der Waals surface area contributed by atoms with Gasteiger partial charge in [-0.25, -0.2) is 4.79 Å². The lowest BCUT2D eigenvalue weighted by atomic mass is 9.76. The van der Waals surface area contributed by atoms with Crippen molar-refractivity contribution in [3.05, 3.63) is 70.8 Å². The Bertz CT molecular complexity index is 1070. The van der Waals surface area contributed by atoms with Crippen LogP contribution in [0.5, 0.6) is 0 Å². The number of nitrogens with zero attached hydrogens (tertiary/aromatic N) is 1. The van der Waals surface area contributed by atoms with E-state index in [1.165, 1.54) is 43.9 Å². The van der Waals surface area contributed by atoms with Crippen molar-refractivity contribution >= 4 is 29.4 Å².